The van der Waals surface area contributed by atoms with E-state index in [0.29, 0.717) is 17.5 Å². The van der Waals surface area contributed by atoms with Gasteiger partial charge in [0.15, 0.2) is 10.9 Å². The highest BCUT2D eigenvalue weighted by atomic mass is 35.5. The molecule has 0 N–H and O–H groups in total. The number of hydrogen-bond donors (Lipinski definition) is 0. The Balaban J connectivity index is 2.74. The lowest BCUT2D eigenvalue weighted by Crippen LogP contribution is -1.96. The molecule has 0 radical (unpaired) electrons. The minimum absolute atomic E-state index is 0.392. The first-order chi connectivity index (χ1) is 6.27. The monoisotopic (exact) mass is 201 g/mol. The highest BCUT2D eigenvalue weighted by molar-refractivity contribution is 6.30. The molecule has 13 heavy (non-hydrogen) atoms. The third kappa shape index (κ3) is 2.86. The van der Waals surface area contributed by atoms with E-state index in [0.717, 1.165) is 12.0 Å². The van der Waals surface area contributed by atoms with Gasteiger partial charge in [-0.1, -0.05) is 11.6 Å². The van der Waals surface area contributed by atoms with Crippen molar-refractivity contribution in [3.63, 3.8) is 0 Å². The SMILES string of the molecule is COCCc1cnc(Cl)c(OC)c1. The molecule has 0 fully saturated rings. The lowest BCUT2D eigenvalue weighted by Gasteiger charge is -2.04. The number of aromatic nitrogens is 1. The Labute approximate surface area is 82.6 Å². The molecule has 72 valence electrons. The van der Waals surface area contributed by atoms with Crippen molar-refractivity contribution in [3.8, 4) is 5.75 Å². The van der Waals surface area contributed by atoms with E-state index in [4.69, 9.17) is 21.1 Å². The highest BCUT2D eigenvalue weighted by Gasteiger charge is 2.02. The predicted octanol–water partition coefficient (Wildman–Crippen LogP) is 1.93. The number of ether oxygens (including phenoxy) is 2. The van der Waals surface area contributed by atoms with E-state index in [-0.39, 0.29) is 0 Å². The molecule has 0 aromatic carbocycles. The van der Waals surface area contributed by atoms with Crippen LogP contribution >= 0.6 is 11.6 Å². The summed E-state index contributed by atoms with van der Waals surface area (Å²) in [6, 6.07) is 1.87. The van der Waals surface area contributed by atoms with E-state index >= 15 is 0 Å². The fourth-order valence-corrected chi connectivity index (χ4v) is 1.15. The number of pyridine rings is 1. The molecule has 3 nitrogen and oxygen atoms in total. The van der Waals surface area contributed by atoms with Gasteiger partial charge in [-0.05, 0) is 18.1 Å². The van der Waals surface area contributed by atoms with Crippen molar-refractivity contribution < 1.29 is 9.47 Å². The van der Waals surface area contributed by atoms with E-state index in [1.807, 2.05) is 6.07 Å². The molecule has 1 aromatic heterocycles. The fourth-order valence-electron chi connectivity index (χ4n) is 0.968. The second-order valence-electron chi connectivity index (χ2n) is 2.58. The molecule has 0 aliphatic heterocycles. The summed E-state index contributed by atoms with van der Waals surface area (Å²) in [4.78, 5) is 3.99. The zero-order valence-corrected chi connectivity index (χ0v) is 8.47. The summed E-state index contributed by atoms with van der Waals surface area (Å²) in [5.41, 5.74) is 1.06. The lowest BCUT2D eigenvalue weighted by atomic mass is 10.2. The third-order valence-electron chi connectivity index (χ3n) is 1.68. The molecule has 0 atom stereocenters. The molecule has 1 heterocycles. The normalized spacial score (nSPS) is 10.1. The molecular weight excluding hydrogens is 190 g/mol. The molecular formula is C9H12ClNO2. The van der Waals surface area contributed by atoms with Crippen LogP contribution in [0.15, 0.2) is 12.3 Å². The Morgan fingerprint density at radius 1 is 1.46 bits per heavy atom. The standard InChI is InChI=1S/C9H12ClNO2/c1-12-4-3-7-5-8(13-2)9(10)11-6-7/h5-6H,3-4H2,1-2H3. The first kappa shape index (κ1) is 10.3. The van der Waals surface area contributed by atoms with Gasteiger partial charge in [-0.2, -0.15) is 0 Å². The lowest BCUT2D eigenvalue weighted by molar-refractivity contribution is 0.202. The van der Waals surface area contributed by atoms with Crippen LogP contribution in [-0.2, 0) is 11.2 Å². The van der Waals surface area contributed by atoms with Crippen LogP contribution in [0.3, 0.4) is 0 Å². The summed E-state index contributed by atoms with van der Waals surface area (Å²) >= 11 is 5.76. The van der Waals surface area contributed by atoms with Gasteiger partial charge >= 0.3 is 0 Å². The van der Waals surface area contributed by atoms with Gasteiger partial charge in [0.1, 0.15) is 0 Å². The Bertz CT molecular complexity index is 278. The molecule has 1 aromatic rings. The van der Waals surface area contributed by atoms with Gasteiger partial charge < -0.3 is 9.47 Å². The first-order valence-electron chi connectivity index (χ1n) is 3.95. The first-order valence-corrected chi connectivity index (χ1v) is 4.33. The van der Waals surface area contributed by atoms with Crippen LogP contribution in [0.1, 0.15) is 5.56 Å². The molecule has 0 aliphatic rings. The molecule has 0 aliphatic carbocycles. The smallest absolute Gasteiger partial charge is 0.171 e. The molecule has 0 unspecified atom stereocenters. The summed E-state index contributed by atoms with van der Waals surface area (Å²) in [6.45, 7) is 0.673. The van der Waals surface area contributed by atoms with Crippen molar-refractivity contribution in [1.82, 2.24) is 4.98 Å². The van der Waals surface area contributed by atoms with Gasteiger partial charge in [-0.15, -0.1) is 0 Å². The van der Waals surface area contributed by atoms with Crippen LogP contribution in [0, 0.1) is 0 Å². The molecule has 0 spiro atoms. The number of methoxy groups -OCH3 is 2. The minimum atomic E-state index is 0.392. The zero-order valence-electron chi connectivity index (χ0n) is 7.71. The van der Waals surface area contributed by atoms with E-state index in [1.165, 1.54) is 0 Å². The van der Waals surface area contributed by atoms with Gasteiger partial charge in [-0.3, -0.25) is 0 Å². The average Bonchev–Trinajstić information content (AvgIpc) is 2.16. The van der Waals surface area contributed by atoms with E-state index in [9.17, 15) is 0 Å². The Kier molecular flexibility index (Phi) is 3.99. The number of hydrogen-bond acceptors (Lipinski definition) is 3. The van der Waals surface area contributed by atoms with E-state index < -0.39 is 0 Å². The number of halogens is 1. The largest absolute Gasteiger partial charge is 0.494 e. The summed E-state index contributed by atoms with van der Waals surface area (Å²) in [5.74, 6) is 0.607. The van der Waals surface area contributed by atoms with Gasteiger partial charge in [-0.25, -0.2) is 4.98 Å². The second kappa shape index (κ2) is 5.04. The van der Waals surface area contributed by atoms with Crippen molar-refractivity contribution in [2.24, 2.45) is 0 Å². The van der Waals surface area contributed by atoms with Crippen LogP contribution in [0.5, 0.6) is 5.75 Å². The maximum atomic E-state index is 5.76. The molecule has 1 rings (SSSR count). The van der Waals surface area contributed by atoms with E-state index in [2.05, 4.69) is 4.98 Å². The summed E-state index contributed by atoms with van der Waals surface area (Å²) in [6.07, 6.45) is 2.54. The Hall–Kier alpha value is -0.800. The summed E-state index contributed by atoms with van der Waals surface area (Å²) in [5, 5.41) is 0.392. The highest BCUT2D eigenvalue weighted by Crippen LogP contribution is 2.22. The fraction of sp³-hybridized carbons (Fsp3) is 0.444. The number of rotatable bonds is 4. The molecule has 0 bridgehead atoms. The van der Waals surface area contributed by atoms with Crippen LogP contribution in [0.25, 0.3) is 0 Å². The van der Waals surface area contributed by atoms with E-state index in [1.54, 1.807) is 20.4 Å². The van der Waals surface area contributed by atoms with Crippen molar-refractivity contribution in [2.75, 3.05) is 20.8 Å². The molecule has 4 heteroatoms. The third-order valence-corrected chi connectivity index (χ3v) is 1.96. The van der Waals surface area contributed by atoms with Crippen molar-refractivity contribution in [2.45, 2.75) is 6.42 Å². The molecule has 0 saturated heterocycles. The molecule has 0 saturated carbocycles. The summed E-state index contributed by atoms with van der Waals surface area (Å²) in [7, 11) is 3.24. The Morgan fingerprint density at radius 2 is 2.23 bits per heavy atom. The van der Waals surface area contributed by atoms with Crippen molar-refractivity contribution in [1.29, 1.82) is 0 Å². The number of nitrogens with zero attached hydrogens (tertiary/aromatic N) is 1. The van der Waals surface area contributed by atoms with Crippen LogP contribution in [0.2, 0.25) is 5.15 Å². The minimum Gasteiger partial charge on any atom is -0.494 e. The van der Waals surface area contributed by atoms with Gasteiger partial charge in [0, 0.05) is 13.3 Å². The van der Waals surface area contributed by atoms with Crippen LogP contribution in [0.4, 0.5) is 0 Å². The van der Waals surface area contributed by atoms with Crippen LogP contribution in [-0.4, -0.2) is 25.8 Å². The zero-order chi connectivity index (χ0) is 9.68. The van der Waals surface area contributed by atoms with Gasteiger partial charge in [0.25, 0.3) is 0 Å². The Morgan fingerprint density at radius 3 is 2.85 bits per heavy atom. The predicted molar refractivity (Wildman–Crippen MR) is 51.4 cm³/mol. The summed E-state index contributed by atoms with van der Waals surface area (Å²) < 4.78 is 9.98. The molecule has 0 amide bonds. The topological polar surface area (TPSA) is 31.4 Å². The van der Waals surface area contributed by atoms with Crippen LogP contribution < -0.4 is 4.74 Å². The maximum absolute atomic E-state index is 5.76. The van der Waals surface area contributed by atoms with Gasteiger partial charge in [0.2, 0.25) is 0 Å². The van der Waals surface area contributed by atoms with Gasteiger partial charge in [0.05, 0.1) is 13.7 Å². The second-order valence-corrected chi connectivity index (χ2v) is 2.94. The van der Waals surface area contributed by atoms with Crippen molar-refractivity contribution >= 4 is 11.6 Å². The average molecular weight is 202 g/mol. The maximum Gasteiger partial charge on any atom is 0.171 e. The van der Waals surface area contributed by atoms with Crippen molar-refractivity contribution in [3.05, 3.63) is 23.0 Å². The quantitative estimate of drug-likeness (QED) is 0.698.